The topological polar surface area (TPSA) is 98.7 Å². The highest BCUT2D eigenvalue weighted by atomic mass is 16.5. The SMILES string of the molecule is O=C(Nc1cc(-n2cccn2)ncn1)c1ccno1. The predicted molar refractivity (Wildman–Crippen MR) is 63.6 cm³/mol. The van der Waals surface area contributed by atoms with Crippen LogP contribution >= 0.6 is 0 Å². The molecule has 1 N–H and O–H groups in total. The number of anilines is 1. The molecule has 0 saturated carbocycles. The molecule has 8 nitrogen and oxygen atoms in total. The van der Waals surface area contributed by atoms with Crippen molar-refractivity contribution >= 4 is 11.7 Å². The summed E-state index contributed by atoms with van der Waals surface area (Å²) in [5.74, 6) is 0.580. The van der Waals surface area contributed by atoms with Gasteiger partial charge in [-0.2, -0.15) is 5.10 Å². The average Bonchev–Trinajstić information content (AvgIpc) is 3.13. The van der Waals surface area contributed by atoms with Gasteiger partial charge in [-0.1, -0.05) is 5.16 Å². The van der Waals surface area contributed by atoms with Crippen LogP contribution in [0.1, 0.15) is 10.6 Å². The summed E-state index contributed by atoms with van der Waals surface area (Å²) in [6.45, 7) is 0. The van der Waals surface area contributed by atoms with E-state index in [0.29, 0.717) is 11.6 Å². The van der Waals surface area contributed by atoms with Crippen LogP contribution in [0, 0.1) is 0 Å². The van der Waals surface area contributed by atoms with E-state index in [0.717, 1.165) is 0 Å². The van der Waals surface area contributed by atoms with Crippen molar-refractivity contribution in [1.82, 2.24) is 24.9 Å². The zero-order chi connectivity index (χ0) is 13.1. The van der Waals surface area contributed by atoms with Gasteiger partial charge in [0.1, 0.15) is 12.1 Å². The minimum Gasteiger partial charge on any atom is -0.351 e. The summed E-state index contributed by atoms with van der Waals surface area (Å²) in [7, 11) is 0. The highest BCUT2D eigenvalue weighted by Crippen LogP contribution is 2.09. The van der Waals surface area contributed by atoms with Crippen molar-refractivity contribution in [3.05, 3.63) is 48.9 Å². The molecule has 0 fully saturated rings. The van der Waals surface area contributed by atoms with Gasteiger partial charge in [-0.3, -0.25) is 4.79 Å². The second-order valence-corrected chi connectivity index (χ2v) is 3.54. The van der Waals surface area contributed by atoms with Crippen molar-refractivity contribution in [3.8, 4) is 5.82 Å². The normalized spacial score (nSPS) is 10.3. The Hall–Kier alpha value is -3.03. The second kappa shape index (κ2) is 4.69. The first-order valence-corrected chi connectivity index (χ1v) is 5.37. The van der Waals surface area contributed by atoms with Crippen molar-refractivity contribution in [2.75, 3.05) is 5.32 Å². The van der Waals surface area contributed by atoms with Crippen LogP contribution in [0.2, 0.25) is 0 Å². The number of carbonyl (C=O) groups is 1. The predicted octanol–water partition coefficient (Wildman–Crippen LogP) is 0.903. The Bertz CT molecular complexity index is 677. The van der Waals surface area contributed by atoms with Gasteiger partial charge in [0.2, 0.25) is 5.76 Å². The van der Waals surface area contributed by atoms with Crippen LogP contribution in [0.25, 0.3) is 5.82 Å². The van der Waals surface area contributed by atoms with Gasteiger partial charge in [-0.15, -0.1) is 0 Å². The van der Waals surface area contributed by atoms with E-state index in [4.69, 9.17) is 4.52 Å². The van der Waals surface area contributed by atoms with Gasteiger partial charge in [0.25, 0.3) is 5.91 Å². The number of nitrogens with one attached hydrogen (secondary N) is 1. The molecule has 19 heavy (non-hydrogen) atoms. The van der Waals surface area contributed by atoms with Gasteiger partial charge >= 0.3 is 0 Å². The molecule has 0 aliphatic rings. The zero-order valence-corrected chi connectivity index (χ0v) is 9.59. The van der Waals surface area contributed by atoms with E-state index in [2.05, 4.69) is 25.5 Å². The summed E-state index contributed by atoms with van der Waals surface area (Å²) in [6.07, 6.45) is 6.11. The second-order valence-electron chi connectivity index (χ2n) is 3.54. The maximum absolute atomic E-state index is 11.7. The van der Waals surface area contributed by atoms with E-state index in [1.165, 1.54) is 18.6 Å². The molecule has 0 atom stereocenters. The number of amides is 1. The van der Waals surface area contributed by atoms with Gasteiger partial charge in [0.15, 0.2) is 5.82 Å². The first kappa shape index (κ1) is 11.1. The Balaban J connectivity index is 1.82. The van der Waals surface area contributed by atoms with E-state index in [1.807, 2.05) is 0 Å². The Labute approximate surface area is 107 Å². The largest absolute Gasteiger partial charge is 0.351 e. The third-order valence-corrected chi connectivity index (χ3v) is 2.29. The highest BCUT2D eigenvalue weighted by molar-refractivity contribution is 6.01. The summed E-state index contributed by atoms with van der Waals surface area (Å²) < 4.78 is 6.31. The van der Waals surface area contributed by atoms with Crippen molar-refractivity contribution < 1.29 is 9.32 Å². The Morgan fingerprint density at radius 1 is 1.32 bits per heavy atom. The molecule has 0 unspecified atom stereocenters. The van der Waals surface area contributed by atoms with Crippen LogP contribution < -0.4 is 5.32 Å². The lowest BCUT2D eigenvalue weighted by molar-refractivity contribution is 0.0987. The fourth-order valence-corrected chi connectivity index (χ4v) is 1.46. The van der Waals surface area contributed by atoms with Crippen LogP contribution in [0.4, 0.5) is 5.82 Å². The van der Waals surface area contributed by atoms with Gasteiger partial charge in [-0.05, 0) is 6.07 Å². The number of carbonyl (C=O) groups excluding carboxylic acids is 1. The molecule has 94 valence electrons. The van der Waals surface area contributed by atoms with Crippen molar-refractivity contribution in [1.29, 1.82) is 0 Å². The Kier molecular flexibility index (Phi) is 2.73. The van der Waals surface area contributed by atoms with Crippen molar-refractivity contribution in [2.45, 2.75) is 0 Å². The molecule has 0 aromatic carbocycles. The van der Waals surface area contributed by atoms with Crippen LogP contribution in [-0.2, 0) is 0 Å². The molecule has 3 aromatic heterocycles. The van der Waals surface area contributed by atoms with Gasteiger partial charge < -0.3 is 9.84 Å². The third kappa shape index (κ3) is 2.32. The minimum absolute atomic E-state index is 0.110. The Morgan fingerprint density at radius 3 is 3.00 bits per heavy atom. The average molecular weight is 256 g/mol. The lowest BCUT2D eigenvalue weighted by Crippen LogP contribution is -2.13. The summed E-state index contributed by atoms with van der Waals surface area (Å²) >= 11 is 0. The van der Waals surface area contributed by atoms with Crippen molar-refractivity contribution in [3.63, 3.8) is 0 Å². The molecular formula is C11H8N6O2. The van der Waals surface area contributed by atoms with Crippen LogP contribution in [0.5, 0.6) is 0 Å². The van der Waals surface area contributed by atoms with E-state index in [1.54, 1.807) is 29.2 Å². The maximum atomic E-state index is 11.7. The molecule has 0 aliphatic carbocycles. The molecule has 0 aliphatic heterocycles. The summed E-state index contributed by atoms with van der Waals surface area (Å²) in [5, 5.41) is 10.1. The molecule has 0 radical (unpaired) electrons. The lowest BCUT2D eigenvalue weighted by atomic mass is 10.4. The first-order valence-electron chi connectivity index (χ1n) is 5.37. The fraction of sp³-hybridized carbons (Fsp3) is 0. The van der Waals surface area contributed by atoms with E-state index < -0.39 is 5.91 Å². The maximum Gasteiger partial charge on any atom is 0.295 e. The molecule has 1 amide bonds. The molecule has 3 rings (SSSR count). The van der Waals surface area contributed by atoms with Crippen LogP contribution in [0.15, 0.2) is 47.6 Å². The highest BCUT2D eigenvalue weighted by Gasteiger charge is 2.11. The lowest BCUT2D eigenvalue weighted by Gasteiger charge is -2.04. The monoisotopic (exact) mass is 256 g/mol. The molecule has 0 bridgehead atoms. The number of hydrogen-bond acceptors (Lipinski definition) is 6. The molecule has 3 aromatic rings. The van der Waals surface area contributed by atoms with Gasteiger partial charge in [0.05, 0.1) is 6.20 Å². The first-order chi connectivity index (χ1) is 9.33. The number of hydrogen-bond donors (Lipinski definition) is 1. The fourth-order valence-electron chi connectivity index (χ4n) is 1.46. The van der Waals surface area contributed by atoms with E-state index >= 15 is 0 Å². The minimum atomic E-state index is -0.428. The molecule has 3 heterocycles. The summed E-state index contributed by atoms with van der Waals surface area (Å²) in [5.41, 5.74) is 0. The molecule has 8 heteroatoms. The summed E-state index contributed by atoms with van der Waals surface area (Å²) in [6, 6.07) is 4.83. The molecule has 0 saturated heterocycles. The molecular weight excluding hydrogens is 248 g/mol. The third-order valence-electron chi connectivity index (χ3n) is 2.29. The number of aromatic nitrogens is 5. The smallest absolute Gasteiger partial charge is 0.295 e. The quantitative estimate of drug-likeness (QED) is 0.747. The van der Waals surface area contributed by atoms with E-state index in [9.17, 15) is 4.79 Å². The van der Waals surface area contributed by atoms with Crippen LogP contribution in [0.3, 0.4) is 0 Å². The zero-order valence-electron chi connectivity index (χ0n) is 9.59. The van der Waals surface area contributed by atoms with E-state index in [-0.39, 0.29) is 5.76 Å². The van der Waals surface area contributed by atoms with Crippen molar-refractivity contribution in [2.24, 2.45) is 0 Å². The van der Waals surface area contributed by atoms with Gasteiger partial charge in [0, 0.05) is 24.5 Å². The van der Waals surface area contributed by atoms with Crippen LogP contribution in [-0.4, -0.2) is 30.8 Å². The number of rotatable bonds is 3. The standard InChI is InChI=1S/C11H8N6O2/c18-11(8-2-4-15-19-8)16-9-6-10(13-7-12-9)17-5-1-3-14-17/h1-7H,(H,12,13,16,18). The number of nitrogens with zero attached hydrogens (tertiary/aromatic N) is 5. The Morgan fingerprint density at radius 2 is 2.26 bits per heavy atom. The summed E-state index contributed by atoms with van der Waals surface area (Å²) in [4.78, 5) is 19.8. The van der Waals surface area contributed by atoms with Gasteiger partial charge in [-0.25, -0.2) is 14.6 Å². The molecule has 0 spiro atoms.